The fraction of sp³-hybridized carbons (Fsp3) is 0.133. The number of benzene rings is 1. The molecule has 0 amide bonds. The maximum Gasteiger partial charge on any atom is 0.186 e. The average Bonchev–Trinajstić information content (AvgIpc) is 2.81. The summed E-state index contributed by atoms with van der Waals surface area (Å²) in [6.07, 6.45) is 3.28. The molecular weight excluding hydrogens is 287 g/mol. The number of rotatable bonds is 3. The molecule has 0 saturated heterocycles. The Labute approximate surface area is 126 Å². The molecule has 0 atom stereocenters. The molecule has 0 spiro atoms. The topological polar surface area (TPSA) is 43.6 Å². The molecule has 0 aliphatic rings. The predicted molar refractivity (Wildman–Crippen MR) is 79.2 cm³/mol. The summed E-state index contributed by atoms with van der Waals surface area (Å²) in [7, 11) is 0. The van der Waals surface area contributed by atoms with Gasteiger partial charge in [-0.1, -0.05) is 11.8 Å². The van der Waals surface area contributed by atoms with E-state index in [2.05, 4.69) is 15.1 Å². The third kappa shape index (κ3) is 2.95. The Morgan fingerprint density at radius 3 is 2.43 bits per heavy atom. The third-order valence-corrected chi connectivity index (χ3v) is 3.87. The lowest BCUT2D eigenvalue weighted by atomic mass is 10.4. The van der Waals surface area contributed by atoms with E-state index in [1.165, 1.54) is 23.9 Å². The molecule has 106 valence electrons. The fourth-order valence-corrected chi connectivity index (χ4v) is 2.83. The monoisotopic (exact) mass is 300 g/mol. The number of aromatic nitrogens is 4. The van der Waals surface area contributed by atoms with Crippen LogP contribution in [0.15, 0.2) is 52.6 Å². The van der Waals surface area contributed by atoms with E-state index in [0.717, 1.165) is 21.3 Å². The molecule has 6 heteroatoms. The van der Waals surface area contributed by atoms with Crippen LogP contribution in [0.25, 0.3) is 5.82 Å². The number of aryl methyl sites for hydroxylation is 2. The lowest BCUT2D eigenvalue weighted by Gasteiger charge is -2.08. The van der Waals surface area contributed by atoms with Crippen molar-refractivity contribution in [1.82, 2.24) is 19.7 Å². The lowest BCUT2D eigenvalue weighted by Crippen LogP contribution is -2.04. The molecule has 4 nitrogen and oxygen atoms in total. The molecule has 3 rings (SSSR count). The minimum atomic E-state index is -0.253. The van der Waals surface area contributed by atoms with Gasteiger partial charge in [0.25, 0.3) is 0 Å². The average molecular weight is 300 g/mol. The molecule has 2 heterocycles. The van der Waals surface area contributed by atoms with E-state index in [4.69, 9.17) is 0 Å². The van der Waals surface area contributed by atoms with Gasteiger partial charge in [0.2, 0.25) is 0 Å². The first-order chi connectivity index (χ1) is 10.1. The van der Waals surface area contributed by atoms with Crippen LogP contribution < -0.4 is 0 Å². The summed E-state index contributed by atoms with van der Waals surface area (Å²) in [5, 5.41) is 5.17. The molecule has 0 aliphatic heterocycles. The molecule has 21 heavy (non-hydrogen) atoms. The second-order valence-corrected chi connectivity index (χ2v) is 5.64. The summed E-state index contributed by atoms with van der Waals surface area (Å²) in [6.45, 7) is 3.91. The zero-order valence-corrected chi connectivity index (χ0v) is 12.4. The zero-order valence-electron chi connectivity index (χ0n) is 11.6. The Morgan fingerprint density at radius 2 is 1.76 bits per heavy atom. The van der Waals surface area contributed by atoms with Crippen molar-refractivity contribution in [2.75, 3.05) is 0 Å². The maximum atomic E-state index is 13.0. The summed E-state index contributed by atoms with van der Waals surface area (Å²) in [6, 6.07) is 8.30. The maximum absolute atomic E-state index is 13.0. The summed E-state index contributed by atoms with van der Waals surface area (Å²) in [5.74, 6) is 0.426. The van der Waals surface area contributed by atoms with Crippen LogP contribution >= 0.6 is 11.8 Å². The van der Waals surface area contributed by atoms with Crippen LogP contribution in [0.3, 0.4) is 0 Å². The van der Waals surface area contributed by atoms with Crippen molar-refractivity contribution in [2.24, 2.45) is 0 Å². The fourth-order valence-electron chi connectivity index (χ4n) is 1.99. The second kappa shape index (κ2) is 5.65. The summed E-state index contributed by atoms with van der Waals surface area (Å²) in [5.41, 5.74) is 1.92. The van der Waals surface area contributed by atoms with Gasteiger partial charge >= 0.3 is 0 Å². The molecule has 0 bridgehead atoms. The van der Waals surface area contributed by atoms with Gasteiger partial charge in [-0.05, 0) is 44.2 Å². The van der Waals surface area contributed by atoms with Gasteiger partial charge in [0.05, 0.1) is 5.69 Å². The van der Waals surface area contributed by atoms with Gasteiger partial charge in [0, 0.05) is 23.0 Å². The quantitative estimate of drug-likeness (QED) is 0.741. The highest BCUT2D eigenvalue weighted by Crippen LogP contribution is 2.29. The van der Waals surface area contributed by atoms with Crippen molar-refractivity contribution < 1.29 is 4.39 Å². The second-order valence-electron chi connectivity index (χ2n) is 4.58. The van der Waals surface area contributed by atoms with Crippen molar-refractivity contribution >= 4 is 11.8 Å². The van der Waals surface area contributed by atoms with Crippen LogP contribution in [0.2, 0.25) is 0 Å². The summed E-state index contributed by atoms with van der Waals surface area (Å²) >= 11 is 1.43. The van der Waals surface area contributed by atoms with Crippen molar-refractivity contribution in [2.45, 2.75) is 23.8 Å². The summed E-state index contributed by atoms with van der Waals surface area (Å²) in [4.78, 5) is 9.65. The molecule has 1 aromatic carbocycles. The van der Waals surface area contributed by atoms with Gasteiger partial charge in [-0.25, -0.2) is 19.0 Å². The Bertz CT molecular complexity index is 768. The number of hydrogen-bond acceptors (Lipinski definition) is 4. The molecule has 0 N–H and O–H groups in total. The minimum Gasteiger partial charge on any atom is -0.244 e. The molecule has 0 saturated carbocycles. The van der Waals surface area contributed by atoms with Gasteiger partial charge in [0.15, 0.2) is 5.82 Å². The SMILES string of the molecule is Cc1cc(C)n(-c2nccnc2Sc2ccc(F)cc2)n1. The predicted octanol–water partition coefficient (Wildman–Crippen LogP) is 3.57. The highest BCUT2D eigenvalue weighted by atomic mass is 32.2. The van der Waals surface area contributed by atoms with Gasteiger partial charge < -0.3 is 0 Å². The van der Waals surface area contributed by atoms with Crippen molar-refractivity contribution in [3.63, 3.8) is 0 Å². The van der Waals surface area contributed by atoms with Crippen LogP contribution in [-0.4, -0.2) is 19.7 Å². The van der Waals surface area contributed by atoms with E-state index in [9.17, 15) is 4.39 Å². The number of nitrogens with zero attached hydrogens (tertiary/aromatic N) is 4. The Kier molecular flexibility index (Phi) is 3.70. The third-order valence-electron chi connectivity index (χ3n) is 2.88. The summed E-state index contributed by atoms with van der Waals surface area (Å²) < 4.78 is 14.7. The first-order valence-electron chi connectivity index (χ1n) is 6.41. The standard InChI is InChI=1S/C15H13FN4S/c1-10-9-11(2)20(19-10)14-15(18-8-7-17-14)21-13-5-3-12(16)4-6-13/h3-9H,1-2H3. The molecule has 0 radical (unpaired) electrons. The molecule has 0 fully saturated rings. The van der Waals surface area contributed by atoms with Crippen molar-refractivity contribution in [1.29, 1.82) is 0 Å². The number of halogens is 1. The van der Waals surface area contributed by atoms with E-state index >= 15 is 0 Å². The van der Waals surface area contributed by atoms with Gasteiger partial charge in [0.1, 0.15) is 10.8 Å². The van der Waals surface area contributed by atoms with E-state index in [-0.39, 0.29) is 5.82 Å². The van der Waals surface area contributed by atoms with Gasteiger partial charge in [-0.2, -0.15) is 5.10 Å². The largest absolute Gasteiger partial charge is 0.244 e. The van der Waals surface area contributed by atoms with Crippen LogP contribution in [0.1, 0.15) is 11.4 Å². The molecule has 0 aliphatic carbocycles. The lowest BCUT2D eigenvalue weighted by molar-refractivity contribution is 0.626. The van der Waals surface area contributed by atoms with E-state index in [0.29, 0.717) is 5.82 Å². The Balaban J connectivity index is 2.00. The minimum absolute atomic E-state index is 0.253. The molecule has 2 aromatic heterocycles. The van der Waals surface area contributed by atoms with E-state index < -0.39 is 0 Å². The first kappa shape index (κ1) is 13.8. The normalized spacial score (nSPS) is 10.8. The van der Waals surface area contributed by atoms with Gasteiger partial charge in [-0.3, -0.25) is 0 Å². The van der Waals surface area contributed by atoms with Crippen LogP contribution in [0.4, 0.5) is 4.39 Å². The van der Waals surface area contributed by atoms with E-state index in [1.54, 1.807) is 29.2 Å². The highest BCUT2D eigenvalue weighted by Gasteiger charge is 2.12. The highest BCUT2D eigenvalue weighted by molar-refractivity contribution is 7.99. The van der Waals surface area contributed by atoms with Crippen LogP contribution in [0, 0.1) is 19.7 Å². The van der Waals surface area contributed by atoms with Crippen molar-refractivity contribution in [3.8, 4) is 5.82 Å². The zero-order chi connectivity index (χ0) is 14.8. The molecular formula is C15H13FN4S. The molecule has 0 unspecified atom stereocenters. The Hall–Kier alpha value is -2.21. The molecule has 3 aromatic rings. The smallest absolute Gasteiger partial charge is 0.186 e. The number of hydrogen-bond donors (Lipinski definition) is 0. The van der Waals surface area contributed by atoms with Crippen LogP contribution in [0.5, 0.6) is 0 Å². The Morgan fingerprint density at radius 1 is 1.05 bits per heavy atom. The van der Waals surface area contributed by atoms with Crippen molar-refractivity contribution in [3.05, 3.63) is 59.9 Å². The van der Waals surface area contributed by atoms with Gasteiger partial charge in [-0.15, -0.1) is 0 Å². The van der Waals surface area contributed by atoms with Crippen LogP contribution in [-0.2, 0) is 0 Å². The van der Waals surface area contributed by atoms with E-state index in [1.807, 2.05) is 19.9 Å². The first-order valence-corrected chi connectivity index (χ1v) is 7.23.